The second-order valence-electron chi connectivity index (χ2n) is 3.60. The van der Waals surface area contributed by atoms with Crippen molar-refractivity contribution in [2.75, 3.05) is 0 Å². The van der Waals surface area contributed by atoms with E-state index in [4.69, 9.17) is 9.15 Å². The molecule has 0 bridgehead atoms. The molecule has 0 saturated carbocycles. The summed E-state index contributed by atoms with van der Waals surface area (Å²) in [4.78, 5) is 14.2. The van der Waals surface area contributed by atoms with Crippen LogP contribution in [-0.2, 0) is 4.74 Å². The molecule has 2 rings (SSSR count). The summed E-state index contributed by atoms with van der Waals surface area (Å²) in [6, 6.07) is 1.55. The topological polar surface area (TPSA) is 55.2 Å². The first kappa shape index (κ1) is 10.7. The van der Waals surface area contributed by atoms with Crippen LogP contribution in [0.2, 0.25) is 0 Å². The highest BCUT2D eigenvalue weighted by molar-refractivity contribution is 5.93. The number of hydrogen-bond donors (Lipinski definition) is 1. The standard InChI is InChI=1S/C11H12FNO3/c1-3-6(2)16-11(14)9-8(12)10-7(13-9)4-5-15-10/h4-6,13H,3H2,1-2H3. The summed E-state index contributed by atoms with van der Waals surface area (Å²) in [6.07, 6.45) is 1.81. The van der Waals surface area contributed by atoms with E-state index in [2.05, 4.69) is 4.98 Å². The third kappa shape index (κ3) is 1.68. The van der Waals surface area contributed by atoms with Crippen molar-refractivity contribution in [3.05, 3.63) is 23.8 Å². The van der Waals surface area contributed by atoms with Crippen LogP contribution in [-0.4, -0.2) is 17.1 Å². The van der Waals surface area contributed by atoms with E-state index in [9.17, 15) is 9.18 Å². The smallest absolute Gasteiger partial charge is 0.358 e. The minimum Gasteiger partial charge on any atom is -0.460 e. The van der Waals surface area contributed by atoms with E-state index in [1.54, 1.807) is 13.0 Å². The molecule has 0 saturated heterocycles. The van der Waals surface area contributed by atoms with Gasteiger partial charge in [-0.3, -0.25) is 0 Å². The Kier molecular flexibility index (Phi) is 2.68. The number of aromatic amines is 1. The maximum absolute atomic E-state index is 13.6. The Morgan fingerprint density at radius 3 is 3.06 bits per heavy atom. The van der Waals surface area contributed by atoms with Crippen LogP contribution in [0, 0.1) is 5.82 Å². The number of nitrogens with one attached hydrogen (secondary N) is 1. The Morgan fingerprint density at radius 2 is 2.44 bits per heavy atom. The molecule has 0 aliphatic heterocycles. The van der Waals surface area contributed by atoms with E-state index in [-0.39, 0.29) is 17.4 Å². The third-order valence-electron chi connectivity index (χ3n) is 2.43. The molecule has 2 aromatic rings. The molecule has 0 fully saturated rings. The average molecular weight is 225 g/mol. The molecular weight excluding hydrogens is 213 g/mol. The lowest BCUT2D eigenvalue weighted by Gasteiger charge is -2.09. The summed E-state index contributed by atoms with van der Waals surface area (Å²) in [5.74, 6) is -1.40. The molecule has 1 N–H and O–H groups in total. The monoisotopic (exact) mass is 225 g/mol. The molecule has 86 valence electrons. The fraction of sp³-hybridized carbons (Fsp3) is 0.364. The Hall–Kier alpha value is -1.78. The SMILES string of the molecule is CCC(C)OC(=O)c1[nH]c2ccoc2c1F. The van der Waals surface area contributed by atoms with E-state index in [0.29, 0.717) is 11.9 Å². The molecule has 0 aliphatic rings. The van der Waals surface area contributed by atoms with E-state index in [1.165, 1.54) is 6.26 Å². The maximum Gasteiger partial charge on any atom is 0.358 e. The second kappa shape index (κ2) is 4.00. The molecule has 0 radical (unpaired) electrons. The fourth-order valence-corrected chi connectivity index (χ4v) is 1.35. The van der Waals surface area contributed by atoms with E-state index in [0.717, 1.165) is 0 Å². The van der Waals surface area contributed by atoms with Crippen LogP contribution in [0.4, 0.5) is 4.39 Å². The number of hydrogen-bond acceptors (Lipinski definition) is 3. The first-order valence-electron chi connectivity index (χ1n) is 5.09. The van der Waals surface area contributed by atoms with Crippen molar-refractivity contribution in [3.8, 4) is 0 Å². The molecule has 0 spiro atoms. The largest absolute Gasteiger partial charge is 0.460 e. The third-order valence-corrected chi connectivity index (χ3v) is 2.43. The first-order chi connectivity index (χ1) is 7.63. The van der Waals surface area contributed by atoms with Gasteiger partial charge in [-0.1, -0.05) is 6.92 Å². The van der Waals surface area contributed by atoms with Crippen LogP contribution in [0.3, 0.4) is 0 Å². The van der Waals surface area contributed by atoms with E-state index < -0.39 is 11.8 Å². The molecule has 1 atom stereocenters. The van der Waals surface area contributed by atoms with Crippen molar-refractivity contribution in [2.24, 2.45) is 0 Å². The van der Waals surface area contributed by atoms with Gasteiger partial charge in [-0.25, -0.2) is 9.18 Å². The first-order valence-corrected chi connectivity index (χ1v) is 5.09. The van der Waals surface area contributed by atoms with Gasteiger partial charge in [0.15, 0.2) is 17.1 Å². The summed E-state index contributed by atoms with van der Waals surface area (Å²) in [7, 11) is 0. The van der Waals surface area contributed by atoms with Crippen LogP contribution in [0.15, 0.2) is 16.7 Å². The summed E-state index contributed by atoms with van der Waals surface area (Å²) in [5, 5.41) is 0. The van der Waals surface area contributed by atoms with Crippen LogP contribution in [0.5, 0.6) is 0 Å². The minimum absolute atomic E-state index is 0.0519. The van der Waals surface area contributed by atoms with Crippen molar-refractivity contribution in [1.82, 2.24) is 4.98 Å². The van der Waals surface area contributed by atoms with Crippen molar-refractivity contribution < 1.29 is 18.3 Å². The quantitative estimate of drug-likeness (QED) is 0.817. The lowest BCUT2D eigenvalue weighted by Crippen LogP contribution is -2.15. The number of H-pyrrole nitrogens is 1. The van der Waals surface area contributed by atoms with E-state index in [1.807, 2.05) is 6.92 Å². The molecule has 0 aliphatic carbocycles. The van der Waals surface area contributed by atoms with Gasteiger partial charge < -0.3 is 14.1 Å². The zero-order valence-electron chi connectivity index (χ0n) is 9.04. The summed E-state index contributed by atoms with van der Waals surface area (Å²) < 4.78 is 23.6. The highest BCUT2D eigenvalue weighted by atomic mass is 19.1. The number of esters is 1. The number of furan rings is 1. The van der Waals surface area contributed by atoms with Gasteiger partial charge in [0.2, 0.25) is 0 Å². The summed E-state index contributed by atoms with van der Waals surface area (Å²) in [5.41, 5.74) is 0.319. The molecule has 0 amide bonds. The van der Waals surface area contributed by atoms with Crippen LogP contribution < -0.4 is 0 Å². The molecule has 2 heterocycles. The lowest BCUT2D eigenvalue weighted by molar-refractivity contribution is 0.0323. The number of rotatable bonds is 3. The van der Waals surface area contributed by atoms with Crippen LogP contribution in [0.25, 0.3) is 11.1 Å². The van der Waals surface area contributed by atoms with Crippen molar-refractivity contribution >= 4 is 17.1 Å². The minimum atomic E-state index is -0.701. The molecule has 1 unspecified atom stereocenters. The van der Waals surface area contributed by atoms with Gasteiger partial charge in [-0.05, 0) is 13.3 Å². The lowest BCUT2D eigenvalue weighted by atomic mass is 10.3. The number of aromatic nitrogens is 1. The Bertz CT molecular complexity index is 514. The molecule has 16 heavy (non-hydrogen) atoms. The van der Waals surface area contributed by atoms with Gasteiger partial charge in [0, 0.05) is 6.07 Å². The maximum atomic E-state index is 13.6. The highest BCUT2D eigenvalue weighted by Crippen LogP contribution is 2.22. The Morgan fingerprint density at radius 1 is 1.69 bits per heavy atom. The Labute approximate surface area is 91.4 Å². The van der Waals surface area contributed by atoms with Gasteiger partial charge in [0.25, 0.3) is 0 Å². The van der Waals surface area contributed by atoms with Gasteiger partial charge in [0.1, 0.15) is 0 Å². The molecular formula is C11H12FNO3. The average Bonchev–Trinajstić information content (AvgIpc) is 2.81. The van der Waals surface area contributed by atoms with Gasteiger partial charge >= 0.3 is 5.97 Å². The molecule has 4 nitrogen and oxygen atoms in total. The summed E-state index contributed by atoms with van der Waals surface area (Å²) >= 11 is 0. The zero-order chi connectivity index (χ0) is 11.7. The molecule has 5 heteroatoms. The van der Waals surface area contributed by atoms with Crippen LogP contribution >= 0.6 is 0 Å². The predicted molar refractivity (Wildman–Crippen MR) is 55.7 cm³/mol. The zero-order valence-corrected chi connectivity index (χ0v) is 9.04. The summed E-state index contributed by atoms with van der Waals surface area (Å²) in [6.45, 7) is 3.64. The van der Waals surface area contributed by atoms with Crippen molar-refractivity contribution in [2.45, 2.75) is 26.4 Å². The number of carbonyl (C=O) groups is 1. The second-order valence-corrected chi connectivity index (χ2v) is 3.60. The van der Waals surface area contributed by atoms with Crippen LogP contribution in [0.1, 0.15) is 30.8 Å². The number of fused-ring (bicyclic) bond motifs is 1. The number of carbonyl (C=O) groups excluding carboxylic acids is 1. The number of halogens is 1. The van der Waals surface area contributed by atoms with Gasteiger partial charge in [-0.2, -0.15) is 0 Å². The predicted octanol–water partition coefficient (Wildman–Crippen LogP) is 2.86. The van der Waals surface area contributed by atoms with Gasteiger partial charge in [0.05, 0.1) is 17.9 Å². The molecule has 2 aromatic heterocycles. The number of ether oxygens (including phenoxy) is 1. The van der Waals surface area contributed by atoms with Gasteiger partial charge in [-0.15, -0.1) is 0 Å². The Balaban J connectivity index is 2.29. The van der Waals surface area contributed by atoms with E-state index >= 15 is 0 Å². The molecule has 0 aromatic carbocycles. The van der Waals surface area contributed by atoms with Crippen molar-refractivity contribution in [3.63, 3.8) is 0 Å². The normalized spacial score (nSPS) is 12.9. The van der Waals surface area contributed by atoms with Crippen molar-refractivity contribution in [1.29, 1.82) is 0 Å². The highest BCUT2D eigenvalue weighted by Gasteiger charge is 2.22. The fourth-order valence-electron chi connectivity index (χ4n) is 1.35.